The molecule has 2 aromatic carbocycles. The lowest BCUT2D eigenvalue weighted by Gasteiger charge is -2.32. The number of amides is 1. The fourth-order valence-corrected chi connectivity index (χ4v) is 4.29. The molecule has 2 N–H and O–H groups in total. The Morgan fingerprint density at radius 2 is 1.97 bits per heavy atom. The second kappa shape index (κ2) is 9.07. The molecule has 1 saturated carbocycles. The molecule has 0 spiro atoms. The number of ether oxygens (including phenoxy) is 2. The number of fused-ring (bicyclic) bond motifs is 1. The van der Waals surface area contributed by atoms with Crippen LogP contribution in [0.5, 0.6) is 5.75 Å². The Labute approximate surface area is 179 Å². The van der Waals surface area contributed by atoms with Gasteiger partial charge in [0.2, 0.25) is 0 Å². The third-order valence-corrected chi connectivity index (χ3v) is 5.91. The normalized spacial score (nSPS) is 18.5. The average molecular weight is 423 g/mol. The summed E-state index contributed by atoms with van der Waals surface area (Å²) < 4.78 is 10.8. The first-order valence-corrected chi connectivity index (χ1v) is 10.4. The number of rotatable bonds is 6. The van der Waals surface area contributed by atoms with Crippen molar-refractivity contribution in [3.8, 4) is 5.75 Å². The highest BCUT2D eigenvalue weighted by atomic mass is 16.6. The van der Waals surface area contributed by atoms with Crippen molar-refractivity contribution < 1.29 is 19.2 Å². The van der Waals surface area contributed by atoms with Gasteiger partial charge in [0.15, 0.2) is 0 Å². The number of aromatic amines is 1. The van der Waals surface area contributed by atoms with Gasteiger partial charge in [0, 0.05) is 41.2 Å². The van der Waals surface area contributed by atoms with Gasteiger partial charge in [-0.1, -0.05) is 12.8 Å². The molecule has 8 nitrogen and oxygen atoms in total. The van der Waals surface area contributed by atoms with Crippen molar-refractivity contribution in [2.45, 2.75) is 44.2 Å². The van der Waals surface area contributed by atoms with Crippen molar-refractivity contribution in [2.75, 3.05) is 7.11 Å². The molecule has 1 aliphatic rings. The smallest absolute Gasteiger partial charge is 0.407 e. The third kappa shape index (κ3) is 4.63. The zero-order valence-electron chi connectivity index (χ0n) is 17.3. The largest absolute Gasteiger partial charge is 0.497 e. The lowest BCUT2D eigenvalue weighted by Crippen LogP contribution is -2.41. The number of alkyl carbamates (subject to hydrolysis) is 1. The van der Waals surface area contributed by atoms with Crippen LogP contribution >= 0.6 is 0 Å². The molecule has 8 heteroatoms. The summed E-state index contributed by atoms with van der Waals surface area (Å²) in [7, 11) is 1.65. The number of hydrogen-bond acceptors (Lipinski definition) is 5. The molecule has 31 heavy (non-hydrogen) atoms. The lowest BCUT2D eigenvalue weighted by molar-refractivity contribution is -0.384. The molecule has 1 amide bonds. The van der Waals surface area contributed by atoms with Crippen LogP contribution in [0.25, 0.3) is 10.9 Å². The number of hydrogen-bond donors (Lipinski definition) is 2. The summed E-state index contributed by atoms with van der Waals surface area (Å²) in [5, 5.41) is 14.9. The standard InChI is InChI=1S/C23H25N3O5/c1-30-17-10-11-21-19(12-17)20(13-24-21)18-4-2-3-5-22(18)25-23(27)31-14-15-6-8-16(9-7-15)26(28)29/h6-13,18,22,24H,2-5,14H2,1H3,(H,25,27)/t18-,22+/m0/s1. The zero-order valence-corrected chi connectivity index (χ0v) is 17.3. The van der Waals surface area contributed by atoms with E-state index in [-0.39, 0.29) is 24.3 Å². The maximum Gasteiger partial charge on any atom is 0.407 e. The first-order chi connectivity index (χ1) is 15.0. The van der Waals surface area contributed by atoms with E-state index in [0.29, 0.717) is 5.56 Å². The van der Waals surface area contributed by atoms with E-state index in [9.17, 15) is 14.9 Å². The molecule has 4 rings (SSSR count). The van der Waals surface area contributed by atoms with Gasteiger partial charge in [0.1, 0.15) is 12.4 Å². The fourth-order valence-electron chi connectivity index (χ4n) is 4.29. The number of carbonyl (C=O) groups is 1. The Morgan fingerprint density at radius 1 is 1.19 bits per heavy atom. The van der Waals surface area contributed by atoms with Crippen molar-refractivity contribution in [3.63, 3.8) is 0 Å². The van der Waals surface area contributed by atoms with Gasteiger partial charge < -0.3 is 19.8 Å². The van der Waals surface area contributed by atoms with E-state index in [0.717, 1.165) is 42.3 Å². The monoisotopic (exact) mass is 423 g/mol. The Morgan fingerprint density at radius 3 is 2.71 bits per heavy atom. The van der Waals surface area contributed by atoms with Crippen LogP contribution in [0.3, 0.4) is 0 Å². The van der Waals surface area contributed by atoms with Gasteiger partial charge in [0.25, 0.3) is 5.69 Å². The number of benzene rings is 2. The predicted molar refractivity (Wildman–Crippen MR) is 116 cm³/mol. The number of methoxy groups -OCH3 is 1. The quantitative estimate of drug-likeness (QED) is 0.427. The van der Waals surface area contributed by atoms with Gasteiger partial charge in [-0.15, -0.1) is 0 Å². The fraction of sp³-hybridized carbons (Fsp3) is 0.348. The van der Waals surface area contributed by atoms with Gasteiger partial charge in [-0.3, -0.25) is 10.1 Å². The van der Waals surface area contributed by atoms with Gasteiger partial charge in [-0.2, -0.15) is 0 Å². The first-order valence-electron chi connectivity index (χ1n) is 10.4. The Balaban J connectivity index is 1.43. The van der Waals surface area contributed by atoms with E-state index in [1.807, 2.05) is 24.4 Å². The molecule has 1 aliphatic carbocycles. The lowest BCUT2D eigenvalue weighted by atomic mass is 9.80. The van der Waals surface area contributed by atoms with E-state index in [4.69, 9.17) is 9.47 Å². The van der Waals surface area contributed by atoms with Crippen LogP contribution in [0.4, 0.5) is 10.5 Å². The topological polar surface area (TPSA) is 106 Å². The van der Waals surface area contributed by atoms with Crippen LogP contribution in [0.1, 0.15) is 42.7 Å². The highest BCUT2D eigenvalue weighted by Gasteiger charge is 2.30. The van der Waals surface area contributed by atoms with Crippen molar-refractivity contribution in [1.82, 2.24) is 10.3 Å². The summed E-state index contributed by atoms with van der Waals surface area (Å²) >= 11 is 0. The van der Waals surface area contributed by atoms with Crippen molar-refractivity contribution in [2.24, 2.45) is 0 Å². The Kier molecular flexibility index (Phi) is 6.06. The molecule has 1 aromatic heterocycles. The number of non-ortho nitro benzene ring substituents is 1. The molecule has 0 radical (unpaired) electrons. The minimum atomic E-state index is -0.479. The molecule has 1 heterocycles. The number of nitro benzene ring substituents is 1. The Hall–Kier alpha value is -3.55. The summed E-state index contributed by atoms with van der Waals surface area (Å²) in [6, 6.07) is 11.9. The van der Waals surface area contributed by atoms with E-state index in [2.05, 4.69) is 10.3 Å². The number of aromatic nitrogens is 1. The van der Waals surface area contributed by atoms with Crippen LogP contribution in [0.2, 0.25) is 0 Å². The van der Waals surface area contributed by atoms with Crippen molar-refractivity contribution >= 4 is 22.7 Å². The molecule has 0 unspecified atom stereocenters. The highest BCUT2D eigenvalue weighted by Crippen LogP contribution is 2.38. The average Bonchev–Trinajstić information content (AvgIpc) is 3.21. The number of carbonyl (C=O) groups excluding carboxylic acids is 1. The van der Waals surface area contributed by atoms with Crippen molar-refractivity contribution in [1.29, 1.82) is 0 Å². The highest BCUT2D eigenvalue weighted by molar-refractivity contribution is 5.85. The van der Waals surface area contributed by atoms with Gasteiger partial charge >= 0.3 is 6.09 Å². The molecular formula is C23H25N3O5. The predicted octanol–water partition coefficient (Wildman–Crippen LogP) is 5.04. The maximum absolute atomic E-state index is 12.5. The van der Waals surface area contributed by atoms with E-state index in [1.165, 1.54) is 17.7 Å². The summed E-state index contributed by atoms with van der Waals surface area (Å²) in [4.78, 5) is 26.1. The minimum absolute atomic E-state index is 0.00797. The summed E-state index contributed by atoms with van der Waals surface area (Å²) in [6.07, 6.45) is 5.57. The number of nitrogens with zero attached hydrogens (tertiary/aromatic N) is 1. The molecule has 3 aromatic rings. The summed E-state index contributed by atoms with van der Waals surface area (Å²) in [5.74, 6) is 0.984. The van der Waals surface area contributed by atoms with Gasteiger partial charge in [-0.25, -0.2) is 4.79 Å². The molecule has 0 bridgehead atoms. The van der Waals surface area contributed by atoms with Gasteiger partial charge in [-0.05, 0) is 54.3 Å². The molecule has 0 saturated heterocycles. The molecular weight excluding hydrogens is 398 g/mol. The van der Waals surface area contributed by atoms with E-state index >= 15 is 0 Å². The maximum atomic E-state index is 12.5. The number of nitrogens with one attached hydrogen (secondary N) is 2. The van der Waals surface area contributed by atoms with E-state index < -0.39 is 11.0 Å². The second-order valence-electron chi connectivity index (χ2n) is 7.80. The van der Waals surface area contributed by atoms with Crippen LogP contribution < -0.4 is 10.1 Å². The number of H-pyrrole nitrogens is 1. The third-order valence-electron chi connectivity index (χ3n) is 5.91. The summed E-state index contributed by atoms with van der Waals surface area (Å²) in [5.41, 5.74) is 2.92. The SMILES string of the molecule is COc1ccc2[nH]cc([C@@H]3CCCC[C@H]3NC(=O)OCc3ccc([N+](=O)[O-])cc3)c2c1. The van der Waals surface area contributed by atoms with Crippen LogP contribution in [0, 0.1) is 10.1 Å². The van der Waals surface area contributed by atoms with Crippen LogP contribution in [0.15, 0.2) is 48.7 Å². The number of nitro groups is 1. The van der Waals surface area contributed by atoms with Gasteiger partial charge in [0.05, 0.1) is 12.0 Å². The summed E-state index contributed by atoms with van der Waals surface area (Å²) in [6.45, 7) is 0.0610. The first kappa shape index (κ1) is 20.7. The zero-order chi connectivity index (χ0) is 21.8. The Bertz CT molecular complexity index is 1080. The van der Waals surface area contributed by atoms with Crippen LogP contribution in [-0.4, -0.2) is 29.2 Å². The second-order valence-corrected chi connectivity index (χ2v) is 7.80. The van der Waals surface area contributed by atoms with Crippen LogP contribution in [-0.2, 0) is 11.3 Å². The molecule has 1 fully saturated rings. The van der Waals surface area contributed by atoms with E-state index in [1.54, 1.807) is 19.2 Å². The molecule has 162 valence electrons. The molecule has 0 aliphatic heterocycles. The molecule has 2 atom stereocenters. The minimum Gasteiger partial charge on any atom is -0.497 e. The van der Waals surface area contributed by atoms with Crippen molar-refractivity contribution in [3.05, 3.63) is 69.9 Å².